The van der Waals surface area contributed by atoms with E-state index in [1.165, 1.54) is 5.56 Å². The summed E-state index contributed by atoms with van der Waals surface area (Å²) in [6, 6.07) is 12.7. The molecule has 0 saturated heterocycles. The first-order valence-electron chi connectivity index (χ1n) is 6.61. The number of benzene rings is 2. The summed E-state index contributed by atoms with van der Waals surface area (Å²) in [4.78, 5) is 12.5. The largest absolute Gasteiger partial charge is 0.496 e. The van der Waals surface area contributed by atoms with Gasteiger partial charge in [0.1, 0.15) is 5.75 Å². The van der Waals surface area contributed by atoms with Crippen molar-refractivity contribution < 1.29 is 9.53 Å². The Morgan fingerprint density at radius 2 is 1.75 bits per heavy atom. The van der Waals surface area contributed by atoms with Crippen LogP contribution in [0.3, 0.4) is 0 Å². The van der Waals surface area contributed by atoms with Gasteiger partial charge in [-0.1, -0.05) is 38.1 Å². The van der Waals surface area contributed by atoms with Gasteiger partial charge in [0.25, 0.3) is 0 Å². The van der Waals surface area contributed by atoms with E-state index in [0.29, 0.717) is 28.5 Å². The Hall–Kier alpha value is -2.29. The third kappa shape index (κ3) is 2.82. The quantitative estimate of drug-likeness (QED) is 0.681. The number of carbonyl (C=O) groups is 1. The predicted octanol–water partition coefficient (Wildman–Crippen LogP) is 3.63. The molecule has 2 aromatic carbocycles. The van der Waals surface area contributed by atoms with Gasteiger partial charge >= 0.3 is 0 Å². The summed E-state index contributed by atoms with van der Waals surface area (Å²) in [6.07, 6.45) is 0. The number of rotatable bonds is 4. The van der Waals surface area contributed by atoms with Crippen LogP contribution in [0, 0.1) is 0 Å². The lowest BCUT2D eigenvalue weighted by Crippen LogP contribution is -2.05. The Bertz CT molecular complexity index is 615. The van der Waals surface area contributed by atoms with Crippen LogP contribution in [0.1, 0.15) is 41.3 Å². The summed E-state index contributed by atoms with van der Waals surface area (Å²) in [5.41, 5.74) is 8.64. The Balaban J connectivity index is 2.38. The minimum absolute atomic E-state index is 0.0792. The van der Waals surface area contributed by atoms with Gasteiger partial charge in [0.15, 0.2) is 5.78 Å². The third-order valence-corrected chi connectivity index (χ3v) is 3.31. The van der Waals surface area contributed by atoms with Gasteiger partial charge < -0.3 is 10.5 Å². The zero-order valence-corrected chi connectivity index (χ0v) is 12.0. The van der Waals surface area contributed by atoms with Crippen LogP contribution in [-0.2, 0) is 0 Å². The molecule has 20 heavy (non-hydrogen) atoms. The maximum Gasteiger partial charge on any atom is 0.196 e. The molecule has 0 fully saturated rings. The third-order valence-electron chi connectivity index (χ3n) is 3.31. The molecule has 0 aromatic heterocycles. The molecule has 0 saturated carbocycles. The van der Waals surface area contributed by atoms with Gasteiger partial charge in [0.05, 0.1) is 12.7 Å². The SMILES string of the molecule is COc1ccc(N)cc1C(=O)c1ccc(C(C)C)cc1. The number of nitrogen functional groups attached to an aromatic ring is 1. The highest BCUT2D eigenvalue weighted by Crippen LogP contribution is 2.25. The van der Waals surface area contributed by atoms with E-state index in [1.807, 2.05) is 24.3 Å². The second-order valence-corrected chi connectivity index (χ2v) is 5.07. The second-order valence-electron chi connectivity index (χ2n) is 5.07. The number of hydrogen-bond donors (Lipinski definition) is 1. The van der Waals surface area contributed by atoms with Gasteiger partial charge in [-0.2, -0.15) is 0 Å². The van der Waals surface area contributed by atoms with Crippen molar-refractivity contribution in [2.24, 2.45) is 0 Å². The number of anilines is 1. The van der Waals surface area contributed by atoms with E-state index in [1.54, 1.807) is 25.3 Å². The summed E-state index contributed by atoms with van der Waals surface area (Å²) in [6.45, 7) is 4.25. The van der Waals surface area contributed by atoms with Crippen molar-refractivity contribution in [2.45, 2.75) is 19.8 Å². The summed E-state index contributed by atoms with van der Waals surface area (Å²) in [7, 11) is 1.55. The summed E-state index contributed by atoms with van der Waals surface area (Å²) < 4.78 is 5.23. The first kappa shape index (κ1) is 14.1. The molecule has 3 heteroatoms. The van der Waals surface area contributed by atoms with Crippen LogP contribution < -0.4 is 10.5 Å². The molecule has 0 unspecified atom stereocenters. The zero-order valence-electron chi connectivity index (χ0n) is 12.0. The molecule has 104 valence electrons. The fraction of sp³-hybridized carbons (Fsp3) is 0.235. The zero-order chi connectivity index (χ0) is 14.7. The van der Waals surface area contributed by atoms with Gasteiger partial charge in [0.2, 0.25) is 0 Å². The van der Waals surface area contributed by atoms with Gasteiger partial charge in [-0.15, -0.1) is 0 Å². The van der Waals surface area contributed by atoms with E-state index in [-0.39, 0.29) is 5.78 Å². The molecule has 0 spiro atoms. The Kier molecular flexibility index (Phi) is 4.08. The molecule has 0 bridgehead atoms. The maximum absolute atomic E-state index is 12.5. The van der Waals surface area contributed by atoms with E-state index in [4.69, 9.17) is 10.5 Å². The van der Waals surface area contributed by atoms with Gasteiger partial charge in [0, 0.05) is 11.3 Å². The fourth-order valence-corrected chi connectivity index (χ4v) is 2.08. The molecule has 0 radical (unpaired) electrons. The number of carbonyl (C=O) groups excluding carboxylic acids is 1. The van der Waals surface area contributed by atoms with Gasteiger partial charge in [-0.25, -0.2) is 0 Å². The lowest BCUT2D eigenvalue weighted by molar-refractivity contribution is 0.103. The van der Waals surface area contributed by atoms with Crippen LogP contribution in [-0.4, -0.2) is 12.9 Å². The van der Waals surface area contributed by atoms with Crippen LogP contribution in [0.25, 0.3) is 0 Å². The van der Waals surface area contributed by atoms with Gasteiger partial charge in [-0.05, 0) is 29.7 Å². The second kappa shape index (κ2) is 5.78. The number of methoxy groups -OCH3 is 1. The van der Waals surface area contributed by atoms with Crippen molar-refractivity contribution in [1.82, 2.24) is 0 Å². The van der Waals surface area contributed by atoms with E-state index in [0.717, 1.165) is 0 Å². The van der Waals surface area contributed by atoms with Crippen LogP contribution >= 0.6 is 0 Å². The van der Waals surface area contributed by atoms with Crippen molar-refractivity contribution in [3.63, 3.8) is 0 Å². The van der Waals surface area contributed by atoms with Crippen molar-refractivity contribution in [3.05, 3.63) is 59.2 Å². The van der Waals surface area contributed by atoms with E-state index < -0.39 is 0 Å². The molecule has 2 N–H and O–H groups in total. The average Bonchev–Trinajstić information content (AvgIpc) is 2.46. The topological polar surface area (TPSA) is 52.3 Å². The maximum atomic E-state index is 12.5. The molecule has 3 nitrogen and oxygen atoms in total. The monoisotopic (exact) mass is 269 g/mol. The number of ether oxygens (including phenoxy) is 1. The standard InChI is InChI=1S/C17H19NO2/c1-11(2)12-4-6-13(7-5-12)17(19)15-10-14(18)8-9-16(15)20-3/h4-11H,18H2,1-3H3. The van der Waals surface area contributed by atoms with Crippen LogP contribution in [0.4, 0.5) is 5.69 Å². The highest BCUT2D eigenvalue weighted by Gasteiger charge is 2.15. The fourth-order valence-electron chi connectivity index (χ4n) is 2.08. The molecule has 0 aliphatic heterocycles. The average molecular weight is 269 g/mol. The molecule has 0 amide bonds. The van der Waals surface area contributed by atoms with Crippen molar-refractivity contribution in [1.29, 1.82) is 0 Å². The lowest BCUT2D eigenvalue weighted by Gasteiger charge is -2.10. The Morgan fingerprint density at radius 1 is 1.10 bits per heavy atom. The number of hydrogen-bond acceptors (Lipinski definition) is 3. The molecule has 2 aromatic rings. The van der Waals surface area contributed by atoms with E-state index in [2.05, 4.69) is 13.8 Å². The minimum Gasteiger partial charge on any atom is -0.496 e. The van der Waals surface area contributed by atoms with Gasteiger partial charge in [-0.3, -0.25) is 4.79 Å². The molecular weight excluding hydrogens is 250 g/mol. The highest BCUT2D eigenvalue weighted by atomic mass is 16.5. The van der Waals surface area contributed by atoms with E-state index >= 15 is 0 Å². The van der Waals surface area contributed by atoms with Crippen molar-refractivity contribution in [2.75, 3.05) is 12.8 Å². The highest BCUT2D eigenvalue weighted by molar-refractivity contribution is 6.11. The predicted molar refractivity (Wildman–Crippen MR) is 81.4 cm³/mol. The van der Waals surface area contributed by atoms with Crippen LogP contribution in [0.2, 0.25) is 0 Å². The summed E-state index contributed by atoms with van der Waals surface area (Å²) in [5, 5.41) is 0. The molecule has 0 heterocycles. The summed E-state index contributed by atoms with van der Waals surface area (Å²) >= 11 is 0. The minimum atomic E-state index is -0.0792. The van der Waals surface area contributed by atoms with E-state index in [9.17, 15) is 4.79 Å². The smallest absolute Gasteiger partial charge is 0.196 e. The first-order valence-corrected chi connectivity index (χ1v) is 6.61. The lowest BCUT2D eigenvalue weighted by atomic mass is 9.97. The molecule has 0 aliphatic rings. The van der Waals surface area contributed by atoms with Crippen LogP contribution in [0.5, 0.6) is 5.75 Å². The molecule has 0 atom stereocenters. The molecule has 0 aliphatic carbocycles. The summed E-state index contributed by atoms with van der Waals surface area (Å²) in [5.74, 6) is 0.905. The Labute approximate surface area is 119 Å². The van der Waals surface area contributed by atoms with Crippen molar-refractivity contribution in [3.8, 4) is 5.75 Å². The van der Waals surface area contributed by atoms with Crippen molar-refractivity contribution >= 4 is 11.5 Å². The van der Waals surface area contributed by atoms with Crippen LogP contribution in [0.15, 0.2) is 42.5 Å². The molecule has 2 rings (SSSR count). The number of ketones is 1. The normalized spacial score (nSPS) is 10.6. The first-order chi connectivity index (χ1) is 9.52. The number of nitrogens with two attached hydrogens (primary N) is 1. The molecular formula is C17H19NO2. The Morgan fingerprint density at radius 3 is 2.30 bits per heavy atom.